The van der Waals surface area contributed by atoms with Gasteiger partial charge in [-0.1, -0.05) is 25.4 Å². The summed E-state index contributed by atoms with van der Waals surface area (Å²) in [6.07, 6.45) is 3.19. The maximum Gasteiger partial charge on any atom is 0.315 e. The number of anilines is 1. The predicted molar refractivity (Wildman–Crippen MR) is 70.5 cm³/mol. The zero-order chi connectivity index (χ0) is 13.2. The fraction of sp³-hybridized carbons (Fsp3) is 0.833. The number of methoxy groups -OCH3 is 1. The maximum absolute atomic E-state index is 5.50. The summed E-state index contributed by atoms with van der Waals surface area (Å²) in [4.78, 5) is 0. The molecule has 1 rings (SSSR count). The van der Waals surface area contributed by atoms with E-state index in [0.29, 0.717) is 25.1 Å². The van der Waals surface area contributed by atoms with Gasteiger partial charge in [0.25, 0.3) is 0 Å². The van der Waals surface area contributed by atoms with Gasteiger partial charge in [0.05, 0.1) is 19.2 Å². The van der Waals surface area contributed by atoms with Gasteiger partial charge in [-0.05, 0) is 19.4 Å². The Labute approximate surface area is 108 Å². The fourth-order valence-electron chi connectivity index (χ4n) is 1.68. The van der Waals surface area contributed by atoms with Gasteiger partial charge in [-0.15, -0.1) is 5.10 Å². The second-order valence-corrected chi connectivity index (χ2v) is 4.26. The number of nitrogens with one attached hydrogen (secondary N) is 2. The second kappa shape index (κ2) is 8.88. The molecule has 0 bridgehead atoms. The van der Waals surface area contributed by atoms with E-state index in [1.165, 1.54) is 0 Å². The summed E-state index contributed by atoms with van der Waals surface area (Å²) < 4.78 is 10.7. The Morgan fingerprint density at radius 2 is 2.11 bits per heavy atom. The maximum atomic E-state index is 5.50. The van der Waals surface area contributed by atoms with E-state index in [0.717, 1.165) is 25.8 Å². The molecule has 0 aliphatic carbocycles. The van der Waals surface area contributed by atoms with E-state index < -0.39 is 0 Å². The Kier molecular flexibility index (Phi) is 7.36. The lowest BCUT2D eigenvalue weighted by molar-refractivity contribution is 0.181. The van der Waals surface area contributed by atoms with E-state index in [4.69, 9.17) is 9.15 Å². The van der Waals surface area contributed by atoms with Crippen LogP contribution in [-0.4, -0.2) is 36.5 Å². The highest BCUT2D eigenvalue weighted by atomic mass is 16.5. The minimum Gasteiger partial charge on any atom is -0.407 e. The van der Waals surface area contributed by atoms with Gasteiger partial charge < -0.3 is 19.8 Å². The molecule has 6 heteroatoms. The summed E-state index contributed by atoms with van der Waals surface area (Å²) in [7, 11) is 1.69. The molecule has 1 aromatic heterocycles. The second-order valence-electron chi connectivity index (χ2n) is 4.26. The summed E-state index contributed by atoms with van der Waals surface area (Å²) in [5.74, 6) is 0.610. The molecule has 0 aliphatic rings. The van der Waals surface area contributed by atoms with Gasteiger partial charge >= 0.3 is 6.01 Å². The van der Waals surface area contributed by atoms with E-state index in [1.807, 2.05) is 0 Å². The van der Waals surface area contributed by atoms with Crippen LogP contribution >= 0.6 is 0 Å². The third-order valence-corrected chi connectivity index (χ3v) is 2.50. The van der Waals surface area contributed by atoms with Crippen LogP contribution in [0.4, 0.5) is 6.01 Å². The third kappa shape index (κ3) is 5.46. The summed E-state index contributed by atoms with van der Waals surface area (Å²) in [5, 5.41) is 14.4. The molecule has 18 heavy (non-hydrogen) atoms. The Bertz CT molecular complexity index is 311. The first-order valence-electron chi connectivity index (χ1n) is 6.58. The Hall–Kier alpha value is -1.14. The van der Waals surface area contributed by atoms with E-state index in [2.05, 4.69) is 34.7 Å². The summed E-state index contributed by atoms with van der Waals surface area (Å²) in [6, 6.07) is 0.690. The van der Waals surface area contributed by atoms with Crippen LogP contribution in [0, 0.1) is 0 Å². The molecule has 0 amide bonds. The minimum absolute atomic E-state index is 0.219. The van der Waals surface area contributed by atoms with E-state index in [1.54, 1.807) is 7.11 Å². The summed E-state index contributed by atoms with van der Waals surface area (Å²) in [6.45, 7) is 6.46. The molecule has 1 heterocycles. The first kappa shape index (κ1) is 14.9. The van der Waals surface area contributed by atoms with Gasteiger partial charge in [0, 0.05) is 7.11 Å². The van der Waals surface area contributed by atoms with Gasteiger partial charge in [0.15, 0.2) is 0 Å². The van der Waals surface area contributed by atoms with Gasteiger partial charge in [-0.2, -0.15) is 0 Å². The highest BCUT2D eigenvalue weighted by Crippen LogP contribution is 2.09. The van der Waals surface area contributed by atoms with Crippen molar-refractivity contribution in [1.82, 2.24) is 15.5 Å². The van der Waals surface area contributed by atoms with Crippen LogP contribution in [0.25, 0.3) is 0 Å². The molecule has 6 nitrogen and oxygen atoms in total. The van der Waals surface area contributed by atoms with Gasteiger partial charge in [-0.3, -0.25) is 0 Å². The lowest BCUT2D eigenvalue weighted by Crippen LogP contribution is -2.24. The van der Waals surface area contributed by atoms with E-state index in [9.17, 15) is 0 Å². The normalized spacial score (nSPS) is 12.6. The van der Waals surface area contributed by atoms with Crippen molar-refractivity contribution in [2.75, 3.05) is 25.6 Å². The monoisotopic (exact) mass is 256 g/mol. The standard InChI is InChI=1S/C12H24N4O2/c1-4-6-10(9-17-3)14-12-16-15-11(18-12)8-13-7-5-2/h10,13H,4-9H2,1-3H3,(H,14,16). The number of ether oxygens (including phenoxy) is 1. The van der Waals surface area contributed by atoms with Crippen molar-refractivity contribution in [3.63, 3.8) is 0 Å². The number of hydrogen-bond acceptors (Lipinski definition) is 6. The zero-order valence-electron chi connectivity index (χ0n) is 11.5. The van der Waals surface area contributed by atoms with Crippen LogP contribution in [0.15, 0.2) is 4.42 Å². The number of nitrogens with zero attached hydrogens (tertiary/aromatic N) is 2. The first-order chi connectivity index (χ1) is 8.80. The van der Waals surface area contributed by atoms with Crippen molar-refractivity contribution in [2.45, 2.75) is 45.7 Å². The largest absolute Gasteiger partial charge is 0.407 e. The lowest BCUT2D eigenvalue weighted by atomic mass is 10.2. The smallest absolute Gasteiger partial charge is 0.315 e. The Morgan fingerprint density at radius 3 is 2.78 bits per heavy atom. The first-order valence-corrected chi connectivity index (χ1v) is 6.58. The fourth-order valence-corrected chi connectivity index (χ4v) is 1.68. The molecule has 1 atom stereocenters. The van der Waals surface area contributed by atoms with Crippen molar-refractivity contribution in [1.29, 1.82) is 0 Å². The third-order valence-electron chi connectivity index (χ3n) is 2.50. The summed E-state index contributed by atoms with van der Waals surface area (Å²) >= 11 is 0. The molecule has 2 N–H and O–H groups in total. The van der Waals surface area contributed by atoms with E-state index >= 15 is 0 Å². The van der Waals surface area contributed by atoms with Crippen LogP contribution in [0.5, 0.6) is 0 Å². The Morgan fingerprint density at radius 1 is 1.28 bits per heavy atom. The molecule has 0 spiro atoms. The highest BCUT2D eigenvalue weighted by Gasteiger charge is 2.11. The summed E-state index contributed by atoms with van der Waals surface area (Å²) in [5.41, 5.74) is 0. The van der Waals surface area contributed by atoms with Crippen molar-refractivity contribution >= 4 is 6.01 Å². The van der Waals surface area contributed by atoms with E-state index in [-0.39, 0.29) is 6.04 Å². The number of rotatable bonds is 10. The molecule has 0 aliphatic heterocycles. The predicted octanol–water partition coefficient (Wildman–Crippen LogP) is 1.80. The quantitative estimate of drug-likeness (QED) is 0.622. The molecule has 0 saturated heterocycles. The molecule has 104 valence electrons. The SMILES string of the molecule is CCCNCc1nnc(NC(CCC)COC)o1. The molecule has 0 fully saturated rings. The van der Waals surface area contributed by atoms with Crippen LogP contribution < -0.4 is 10.6 Å². The van der Waals surface area contributed by atoms with Gasteiger partial charge in [-0.25, -0.2) is 0 Å². The van der Waals surface area contributed by atoms with Crippen molar-refractivity contribution in [3.8, 4) is 0 Å². The zero-order valence-corrected chi connectivity index (χ0v) is 11.5. The Balaban J connectivity index is 2.40. The number of hydrogen-bond donors (Lipinski definition) is 2. The topological polar surface area (TPSA) is 72.2 Å². The molecule has 0 aromatic carbocycles. The van der Waals surface area contributed by atoms with Crippen molar-refractivity contribution in [3.05, 3.63) is 5.89 Å². The highest BCUT2D eigenvalue weighted by molar-refractivity contribution is 5.19. The molecule has 1 unspecified atom stereocenters. The molecular formula is C12H24N4O2. The molecular weight excluding hydrogens is 232 g/mol. The average Bonchev–Trinajstić information content (AvgIpc) is 2.78. The van der Waals surface area contributed by atoms with Crippen molar-refractivity contribution in [2.24, 2.45) is 0 Å². The lowest BCUT2D eigenvalue weighted by Gasteiger charge is -2.14. The molecule has 1 aromatic rings. The molecule has 0 saturated carbocycles. The van der Waals surface area contributed by atoms with Crippen LogP contribution in [0.1, 0.15) is 39.0 Å². The molecule has 0 radical (unpaired) electrons. The number of aromatic nitrogens is 2. The van der Waals surface area contributed by atoms with Crippen LogP contribution in [0.3, 0.4) is 0 Å². The van der Waals surface area contributed by atoms with Crippen LogP contribution in [-0.2, 0) is 11.3 Å². The van der Waals surface area contributed by atoms with Crippen LogP contribution in [0.2, 0.25) is 0 Å². The average molecular weight is 256 g/mol. The minimum atomic E-state index is 0.219. The van der Waals surface area contributed by atoms with Gasteiger partial charge in [0.1, 0.15) is 0 Å². The van der Waals surface area contributed by atoms with Crippen molar-refractivity contribution < 1.29 is 9.15 Å². The van der Waals surface area contributed by atoms with Gasteiger partial charge in [0.2, 0.25) is 5.89 Å².